The highest BCUT2D eigenvalue weighted by molar-refractivity contribution is 6.31. The molecule has 3 aromatic rings. The molecule has 0 aliphatic carbocycles. The largest absolute Gasteiger partial charge is 0.360 e. The van der Waals surface area contributed by atoms with Crippen LogP contribution in [0.3, 0.4) is 0 Å². The zero-order chi connectivity index (χ0) is 12.7. The first-order valence-corrected chi connectivity index (χ1v) is 5.63. The molecule has 2 heterocycles. The van der Waals surface area contributed by atoms with Gasteiger partial charge in [-0.15, -0.1) is 0 Å². The lowest BCUT2D eigenvalue weighted by atomic mass is 10.2. The number of aryl methyl sites for hydroxylation is 1. The van der Waals surface area contributed by atoms with E-state index in [4.69, 9.17) is 16.1 Å². The Hall–Kier alpha value is -2.14. The van der Waals surface area contributed by atoms with E-state index in [1.54, 1.807) is 31.2 Å². The van der Waals surface area contributed by atoms with Crippen molar-refractivity contribution in [3.8, 4) is 5.82 Å². The Morgan fingerprint density at radius 3 is 2.89 bits per heavy atom. The van der Waals surface area contributed by atoms with Gasteiger partial charge in [-0.2, -0.15) is 0 Å². The summed E-state index contributed by atoms with van der Waals surface area (Å²) in [5, 5.41) is 4.74. The molecule has 0 bridgehead atoms. The predicted octanol–water partition coefficient (Wildman–Crippen LogP) is 2.34. The molecule has 0 amide bonds. The Labute approximate surface area is 107 Å². The summed E-state index contributed by atoms with van der Waals surface area (Å²) < 4.78 is 6.27. The van der Waals surface area contributed by atoms with Gasteiger partial charge in [-0.1, -0.05) is 16.8 Å². The fourth-order valence-corrected chi connectivity index (χ4v) is 1.90. The second kappa shape index (κ2) is 3.96. The molecule has 0 saturated heterocycles. The van der Waals surface area contributed by atoms with Crippen molar-refractivity contribution in [2.75, 3.05) is 0 Å². The van der Waals surface area contributed by atoms with E-state index in [0.717, 1.165) is 0 Å². The number of halogens is 1. The number of fused-ring (bicyclic) bond motifs is 1. The molecular formula is C12H8ClN3O2. The third-order valence-corrected chi connectivity index (χ3v) is 2.82. The lowest BCUT2D eigenvalue weighted by molar-refractivity contribution is 0.394. The molecule has 6 heteroatoms. The molecule has 3 rings (SSSR count). The molecule has 0 radical (unpaired) electrons. The Kier molecular flexibility index (Phi) is 2.41. The molecule has 0 unspecified atom stereocenters. The molecule has 0 aliphatic rings. The van der Waals surface area contributed by atoms with Gasteiger partial charge in [-0.25, -0.2) is 9.55 Å². The number of rotatable bonds is 1. The van der Waals surface area contributed by atoms with Crippen LogP contribution < -0.4 is 5.56 Å². The average molecular weight is 262 g/mol. The van der Waals surface area contributed by atoms with Crippen LogP contribution in [0.1, 0.15) is 5.76 Å². The van der Waals surface area contributed by atoms with Crippen molar-refractivity contribution >= 4 is 22.5 Å². The summed E-state index contributed by atoms with van der Waals surface area (Å²) in [7, 11) is 0. The quantitative estimate of drug-likeness (QED) is 0.674. The van der Waals surface area contributed by atoms with E-state index in [1.807, 2.05) is 0 Å². The first-order valence-electron chi connectivity index (χ1n) is 5.26. The fourth-order valence-electron chi connectivity index (χ4n) is 1.72. The van der Waals surface area contributed by atoms with Crippen molar-refractivity contribution in [2.45, 2.75) is 6.92 Å². The van der Waals surface area contributed by atoms with Gasteiger partial charge in [-0.05, 0) is 25.1 Å². The Morgan fingerprint density at radius 2 is 2.17 bits per heavy atom. The molecule has 0 saturated carbocycles. The minimum absolute atomic E-state index is 0.226. The molecule has 5 nitrogen and oxygen atoms in total. The van der Waals surface area contributed by atoms with Crippen LogP contribution in [0.5, 0.6) is 0 Å². The number of nitrogens with zero attached hydrogens (tertiary/aromatic N) is 3. The van der Waals surface area contributed by atoms with Crippen LogP contribution in [0.2, 0.25) is 5.02 Å². The van der Waals surface area contributed by atoms with Gasteiger partial charge in [0.15, 0.2) is 5.82 Å². The van der Waals surface area contributed by atoms with Gasteiger partial charge < -0.3 is 4.52 Å². The van der Waals surface area contributed by atoms with Crippen molar-refractivity contribution in [2.24, 2.45) is 0 Å². The topological polar surface area (TPSA) is 60.9 Å². The second-order valence-electron chi connectivity index (χ2n) is 3.88. The standard InChI is InChI=1S/C12H8ClN3O2/c1-7-4-11(15-18-7)16-6-14-10-3-2-8(13)5-9(10)12(16)17/h2-6H,1H3. The maximum absolute atomic E-state index is 12.3. The summed E-state index contributed by atoms with van der Waals surface area (Å²) in [6, 6.07) is 6.66. The van der Waals surface area contributed by atoms with Gasteiger partial charge in [-0.3, -0.25) is 4.79 Å². The van der Waals surface area contributed by atoms with Gasteiger partial charge in [0, 0.05) is 11.1 Å². The van der Waals surface area contributed by atoms with E-state index in [1.165, 1.54) is 10.9 Å². The predicted molar refractivity (Wildman–Crippen MR) is 67.1 cm³/mol. The molecule has 1 aromatic carbocycles. The van der Waals surface area contributed by atoms with E-state index in [-0.39, 0.29) is 5.56 Å². The molecule has 0 aliphatic heterocycles. The highest BCUT2D eigenvalue weighted by Crippen LogP contribution is 2.15. The van der Waals surface area contributed by atoms with Crippen LogP contribution >= 0.6 is 11.6 Å². The van der Waals surface area contributed by atoms with E-state index >= 15 is 0 Å². The van der Waals surface area contributed by atoms with Crippen LogP contribution in [0, 0.1) is 6.92 Å². The zero-order valence-corrected chi connectivity index (χ0v) is 10.2. The maximum atomic E-state index is 12.3. The number of hydrogen-bond donors (Lipinski definition) is 0. The number of benzene rings is 1. The Balaban J connectivity index is 2.32. The lowest BCUT2D eigenvalue weighted by Gasteiger charge is -2.02. The van der Waals surface area contributed by atoms with E-state index in [9.17, 15) is 4.79 Å². The molecule has 0 atom stereocenters. The van der Waals surface area contributed by atoms with Crippen molar-refractivity contribution in [3.05, 3.63) is 51.7 Å². The minimum atomic E-state index is -0.226. The van der Waals surface area contributed by atoms with E-state index < -0.39 is 0 Å². The van der Waals surface area contributed by atoms with Gasteiger partial charge in [0.2, 0.25) is 0 Å². The second-order valence-corrected chi connectivity index (χ2v) is 4.31. The first-order chi connectivity index (χ1) is 8.65. The number of aromatic nitrogens is 3. The summed E-state index contributed by atoms with van der Waals surface area (Å²) in [4.78, 5) is 16.5. The van der Waals surface area contributed by atoms with Crippen LogP contribution in [0.4, 0.5) is 0 Å². The molecule has 90 valence electrons. The highest BCUT2D eigenvalue weighted by atomic mass is 35.5. The summed E-state index contributed by atoms with van der Waals surface area (Å²) in [5.74, 6) is 1.04. The summed E-state index contributed by atoms with van der Waals surface area (Å²) in [5.41, 5.74) is 0.372. The normalized spacial score (nSPS) is 11.0. The monoisotopic (exact) mass is 261 g/mol. The lowest BCUT2D eigenvalue weighted by Crippen LogP contribution is -2.19. The molecular weight excluding hydrogens is 254 g/mol. The highest BCUT2D eigenvalue weighted by Gasteiger charge is 2.09. The molecule has 0 N–H and O–H groups in total. The van der Waals surface area contributed by atoms with Crippen molar-refractivity contribution in [1.29, 1.82) is 0 Å². The smallest absolute Gasteiger partial charge is 0.267 e. The van der Waals surface area contributed by atoms with Gasteiger partial charge in [0.25, 0.3) is 5.56 Å². The maximum Gasteiger partial charge on any atom is 0.267 e. The zero-order valence-electron chi connectivity index (χ0n) is 9.42. The van der Waals surface area contributed by atoms with Crippen LogP contribution in [-0.2, 0) is 0 Å². The summed E-state index contributed by atoms with van der Waals surface area (Å²) >= 11 is 5.88. The first kappa shape index (κ1) is 11.0. The molecule has 2 aromatic heterocycles. The summed E-state index contributed by atoms with van der Waals surface area (Å²) in [6.45, 7) is 1.76. The van der Waals surface area contributed by atoms with Crippen LogP contribution in [-0.4, -0.2) is 14.7 Å². The third kappa shape index (κ3) is 1.69. The minimum Gasteiger partial charge on any atom is -0.360 e. The van der Waals surface area contributed by atoms with E-state index in [2.05, 4.69) is 10.1 Å². The van der Waals surface area contributed by atoms with Gasteiger partial charge in [0.1, 0.15) is 12.1 Å². The van der Waals surface area contributed by atoms with Gasteiger partial charge >= 0.3 is 0 Å². The van der Waals surface area contributed by atoms with Crippen molar-refractivity contribution < 1.29 is 4.52 Å². The molecule has 0 spiro atoms. The van der Waals surface area contributed by atoms with Crippen LogP contribution in [0.25, 0.3) is 16.7 Å². The van der Waals surface area contributed by atoms with Crippen molar-refractivity contribution in [1.82, 2.24) is 14.7 Å². The fraction of sp³-hybridized carbons (Fsp3) is 0.0833. The summed E-state index contributed by atoms with van der Waals surface area (Å²) in [6.07, 6.45) is 1.43. The Morgan fingerprint density at radius 1 is 1.33 bits per heavy atom. The van der Waals surface area contributed by atoms with E-state index in [0.29, 0.717) is 27.5 Å². The van der Waals surface area contributed by atoms with Crippen LogP contribution in [0.15, 0.2) is 39.9 Å². The molecule has 0 fully saturated rings. The SMILES string of the molecule is Cc1cc(-n2cnc3ccc(Cl)cc3c2=O)no1. The Bertz CT molecular complexity index is 791. The molecule has 18 heavy (non-hydrogen) atoms. The van der Waals surface area contributed by atoms with Gasteiger partial charge in [0.05, 0.1) is 10.9 Å². The number of hydrogen-bond acceptors (Lipinski definition) is 4. The van der Waals surface area contributed by atoms with Crippen molar-refractivity contribution in [3.63, 3.8) is 0 Å². The average Bonchev–Trinajstić information content (AvgIpc) is 2.77. The third-order valence-electron chi connectivity index (χ3n) is 2.58.